The lowest BCUT2D eigenvalue weighted by atomic mass is 10.0. The highest BCUT2D eigenvalue weighted by Crippen LogP contribution is 2.29. The van der Waals surface area contributed by atoms with Crippen LogP contribution >= 0.6 is 0 Å². The largest absolute Gasteiger partial charge is 0.352 e. The van der Waals surface area contributed by atoms with E-state index in [4.69, 9.17) is 0 Å². The summed E-state index contributed by atoms with van der Waals surface area (Å²) in [5.41, 5.74) is 0. The Morgan fingerprint density at radius 3 is 2.29 bits per heavy atom. The molecule has 7 heteroatoms. The van der Waals surface area contributed by atoms with Crippen LogP contribution < -0.4 is 5.32 Å². The number of carbonyl (C=O) groups is 1. The van der Waals surface area contributed by atoms with Crippen molar-refractivity contribution in [3.8, 4) is 0 Å². The molecule has 1 atom stereocenters. The van der Waals surface area contributed by atoms with Crippen LogP contribution in [0.25, 0.3) is 0 Å². The molecule has 0 radical (unpaired) electrons. The lowest BCUT2D eigenvalue weighted by molar-refractivity contribution is -0.125. The normalized spacial score (nSPS) is 29.7. The van der Waals surface area contributed by atoms with Gasteiger partial charge in [0.25, 0.3) is 0 Å². The number of nitrogens with one attached hydrogen (secondary N) is 1. The molecule has 21 heavy (non-hydrogen) atoms. The number of rotatable bonds is 4. The van der Waals surface area contributed by atoms with Gasteiger partial charge in [-0.05, 0) is 38.5 Å². The van der Waals surface area contributed by atoms with Gasteiger partial charge in [-0.2, -0.15) is 4.31 Å². The fraction of sp³-hybridized carbons (Fsp3) is 0.929. The number of hydrogen-bond acceptors (Lipinski definition) is 4. The maximum Gasteiger partial charge on any atom is 0.238 e. The first-order valence-corrected chi connectivity index (χ1v) is 9.81. The van der Waals surface area contributed by atoms with Gasteiger partial charge in [-0.15, -0.1) is 0 Å². The van der Waals surface area contributed by atoms with Gasteiger partial charge in [0, 0.05) is 31.7 Å². The van der Waals surface area contributed by atoms with Crippen molar-refractivity contribution >= 4 is 15.9 Å². The third-order valence-electron chi connectivity index (χ3n) is 4.87. The van der Waals surface area contributed by atoms with E-state index in [2.05, 4.69) is 10.2 Å². The van der Waals surface area contributed by atoms with E-state index < -0.39 is 16.1 Å². The van der Waals surface area contributed by atoms with Crippen molar-refractivity contribution in [2.75, 3.05) is 25.9 Å². The SMILES string of the molecule is CS(=O)(=O)N1CCCC1C(=O)NC1CCN(C2CC2)CC1. The van der Waals surface area contributed by atoms with Gasteiger partial charge < -0.3 is 10.2 Å². The van der Waals surface area contributed by atoms with Crippen LogP contribution in [0.3, 0.4) is 0 Å². The summed E-state index contributed by atoms with van der Waals surface area (Å²) in [7, 11) is -3.29. The summed E-state index contributed by atoms with van der Waals surface area (Å²) in [6, 6.07) is 0.494. The summed E-state index contributed by atoms with van der Waals surface area (Å²) in [6.45, 7) is 2.57. The minimum Gasteiger partial charge on any atom is -0.352 e. The zero-order chi connectivity index (χ0) is 15.0. The number of likely N-dealkylation sites (tertiary alicyclic amines) is 1. The minimum absolute atomic E-state index is 0.109. The summed E-state index contributed by atoms with van der Waals surface area (Å²) in [4.78, 5) is 14.9. The molecule has 3 aliphatic rings. The third-order valence-corrected chi connectivity index (χ3v) is 6.16. The number of hydrogen-bond donors (Lipinski definition) is 1. The van der Waals surface area contributed by atoms with Gasteiger partial charge in [-0.1, -0.05) is 0 Å². The Kier molecular flexibility index (Phi) is 4.25. The Labute approximate surface area is 126 Å². The van der Waals surface area contributed by atoms with E-state index in [1.54, 1.807) is 0 Å². The first-order chi connectivity index (χ1) is 9.95. The van der Waals surface area contributed by atoms with Gasteiger partial charge >= 0.3 is 0 Å². The molecule has 1 unspecified atom stereocenters. The molecular formula is C14H25N3O3S. The first kappa shape index (κ1) is 15.2. The van der Waals surface area contributed by atoms with Crippen LogP contribution in [0.2, 0.25) is 0 Å². The number of nitrogens with zero attached hydrogens (tertiary/aromatic N) is 2. The topological polar surface area (TPSA) is 69.7 Å². The molecule has 6 nitrogen and oxygen atoms in total. The fourth-order valence-corrected chi connectivity index (χ4v) is 4.67. The Balaban J connectivity index is 1.52. The summed E-state index contributed by atoms with van der Waals surface area (Å²) in [6.07, 6.45) is 7.20. The standard InChI is InChI=1S/C14H25N3O3S/c1-21(19,20)17-8-2-3-13(17)14(18)15-11-6-9-16(10-7-11)12-4-5-12/h11-13H,2-10H2,1H3,(H,15,18). The lowest BCUT2D eigenvalue weighted by Gasteiger charge is -2.33. The summed E-state index contributed by atoms with van der Waals surface area (Å²) < 4.78 is 24.8. The number of sulfonamides is 1. The molecule has 120 valence electrons. The van der Waals surface area contributed by atoms with Crippen molar-refractivity contribution in [1.29, 1.82) is 0 Å². The first-order valence-electron chi connectivity index (χ1n) is 7.96. The molecular weight excluding hydrogens is 290 g/mol. The summed E-state index contributed by atoms with van der Waals surface area (Å²) in [5, 5.41) is 3.07. The Morgan fingerprint density at radius 1 is 1.05 bits per heavy atom. The zero-order valence-electron chi connectivity index (χ0n) is 12.6. The van der Waals surface area contributed by atoms with Crippen LogP contribution in [0.15, 0.2) is 0 Å². The predicted octanol–water partition coefficient (Wildman–Crippen LogP) is 0.153. The molecule has 0 aromatic rings. The zero-order valence-corrected chi connectivity index (χ0v) is 13.4. The van der Waals surface area contributed by atoms with Crippen LogP contribution in [0, 0.1) is 0 Å². The van der Waals surface area contributed by atoms with E-state index in [1.807, 2.05) is 0 Å². The van der Waals surface area contributed by atoms with E-state index in [9.17, 15) is 13.2 Å². The van der Waals surface area contributed by atoms with Crippen molar-refractivity contribution in [3.05, 3.63) is 0 Å². The molecule has 3 fully saturated rings. The Bertz CT molecular complexity index is 496. The molecule has 1 aliphatic carbocycles. The summed E-state index contributed by atoms with van der Waals surface area (Å²) in [5.74, 6) is -0.109. The van der Waals surface area contributed by atoms with Crippen molar-refractivity contribution in [2.24, 2.45) is 0 Å². The monoisotopic (exact) mass is 315 g/mol. The van der Waals surface area contributed by atoms with Crippen molar-refractivity contribution in [3.63, 3.8) is 0 Å². The molecule has 3 rings (SSSR count). The molecule has 0 aromatic heterocycles. The quantitative estimate of drug-likeness (QED) is 0.802. The number of carbonyl (C=O) groups excluding carboxylic acids is 1. The average Bonchev–Trinajstić information content (AvgIpc) is 3.14. The molecule has 1 N–H and O–H groups in total. The Hall–Kier alpha value is -0.660. The van der Waals surface area contributed by atoms with Crippen LogP contribution in [0.1, 0.15) is 38.5 Å². The fourth-order valence-electron chi connectivity index (χ4n) is 3.55. The lowest BCUT2D eigenvalue weighted by Crippen LogP contribution is -2.51. The van der Waals surface area contributed by atoms with Gasteiger partial charge in [0.15, 0.2) is 0 Å². The second-order valence-corrected chi connectivity index (χ2v) is 8.52. The van der Waals surface area contributed by atoms with Crippen molar-refractivity contribution in [2.45, 2.75) is 56.7 Å². The summed E-state index contributed by atoms with van der Waals surface area (Å²) >= 11 is 0. The Morgan fingerprint density at radius 2 is 1.71 bits per heavy atom. The average molecular weight is 315 g/mol. The van der Waals surface area contributed by atoms with E-state index >= 15 is 0 Å². The van der Waals surface area contributed by atoms with Gasteiger partial charge in [0.05, 0.1) is 6.26 Å². The molecule has 0 aromatic carbocycles. The maximum atomic E-state index is 12.4. The second-order valence-electron chi connectivity index (χ2n) is 6.58. The molecule has 2 aliphatic heterocycles. The molecule has 1 saturated carbocycles. The predicted molar refractivity (Wildman–Crippen MR) is 80.3 cm³/mol. The smallest absolute Gasteiger partial charge is 0.238 e. The van der Waals surface area contributed by atoms with E-state index in [0.29, 0.717) is 13.0 Å². The van der Waals surface area contributed by atoms with Gasteiger partial charge in [-0.3, -0.25) is 4.79 Å². The molecule has 2 saturated heterocycles. The van der Waals surface area contributed by atoms with Crippen LogP contribution in [-0.4, -0.2) is 67.5 Å². The van der Waals surface area contributed by atoms with Crippen molar-refractivity contribution in [1.82, 2.24) is 14.5 Å². The highest BCUT2D eigenvalue weighted by Gasteiger charge is 2.38. The van der Waals surface area contributed by atoms with Crippen LogP contribution in [-0.2, 0) is 14.8 Å². The number of piperidine rings is 1. The highest BCUT2D eigenvalue weighted by molar-refractivity contribution is 7.88. The van der Waals surface area contributed by atoms with Crippen molar-refractivity contribution < 1.29 is 13.2 Å². The third kappa shape index (κ3) is 3.57. The molecule has 1 amide bonds. The van der Waals surface area contributed by atoms with Crippen LogP contribution in [0.5, 0.6) is 0 Å². The van der Waals surface area contributed by atoms with Crippen LogP contribution in [0.4, 0.5) is 0 Å². The van der Waals surface area contributed by atoms with Gasteiger partial charge in [-0.25, -0.2) is 8.42 Å². The van der Waals surface area contributed by atoms with Gasteiger partial charge in [0.2, 0.25) is 15.9 Å². The van der Waals surface area contributed by atoms with E-state index in [0.717, 1.165) is 38.4 Å². The van der Waals surface area contributed by atoms with E-state index in [-0.39, 0.29) is 11.9 Å². The molecule has 0 bridgehead atoms. The molecule has 2 heterocycles. The second kappa shape index (κ2) is 5.85. The minimum atomic E-state index is -3.29. The number of amides is 1. The van der Waals surface area contributed by atoms with Gasteiger partial charge in [0.1, 0.15) is 6.04 Å². The maximum absolute atomic E-state index is 12.4. The highest BCUT2D eigenvalue weighted by atomic mass is 32.2. The molecule has 0 spiro atoms. The van der Waals surface area contributed by atoms with E-state index in [1.165, 1.54) is 23.4 Å².